The highest BCUT2D eigenvalue weighted by molar-refractivity contribution is 5.71. The van der Waals surface area contributed by atoms with Crippen LogP contribution in [-0.4, -0.2) is 37.2 Å². The van der Waals surface area contributed by atoms with Gasteiger partial charge in [-0.2, -0.15) is 0 Å². The molecule has 61 heavy (non-hydrogen) atoms. The molecule has 6 nitrogen and oxygen atoms in total. The minimum atomic E-state index is -0.778. The molecule has 0 fully saturated rings. The Balaban J connectivity index is 4.32. The summed E-state index contributed by atoms with van der Waals surface area (Å²) in [5, 5.41) is 0. The number of carbonyl (C=O) groups excluding carboxylic acids is 3. The van der Waals surface area contributed by atoms with Crippen molar-refractivity contribution in [1.29, 1.82) is 0 Å². The third-order valence-corrected chi connectivity index (χ3v) is 11.6. The molecule has 0 rings (SSSR count). The molecule has 0 saturated carbocycles. The summed E-state index contributed by atoms with van der Waals surface area (Å²) < 4.78 is 16.8. The molecule has 0 spiro atoms. The van der Waals surface area contributed by atoms with Crippen molar-refractivity contribution >= 4 is 17.9 Å². The normalized spacial score (nSPS) is 12.2. The van der Waals surface area contributed by atoms with Gasteiger partial charge >= 0.3 is 17.9 Å². The van der Waals surface area contributed by atoms with Crippen LogP contribution in [0, 0.1) is 0 Å². The zero-order valence-electron chi connectivity index (χ0n) is 40.7. The van der Waals surface area contributed by atoms with Gasteiger partial charge in [-0.3, -0.25) is 14.4 Å². The van der Waals surface area contributed by atoms with Gasteiger partial charge in [-0.15, -0.1) is 0 Å². The second kappa shape index (κ2) is 50.3. The second-order valence-corrected chi connectivity index (χ2v) is 17.8. The number of hydrogen-bond acceptors (Lipinski definition) is 6. The van der Waals surface area contributed by atoms with Gasteiger partial charge in [0.2, 0.25) is 0 Å². The largest absolute Gasteiger partial charge is 0.462 e. The number of allylic oxidation sites excluding steroid dienone is 6. The van der Waals surface area contributed by atoms with Crippen LogP contribution in [-0.2, 0) is 28.6 Å². The topological polar surface area (TPSA) is 78.9 Å². The van der Waals surface area contributed by atoms with E-state index in [1.165, 1.54) is 148 Å². The number of ether oxygens (including phenoxy) is 3. The Morgan fingerprint density at radius 2 is 0.607 bits per heavy atom. The van der Waals surface area contributed by atoms with Crippen LogP contribution >= 0.6 is 0 Å². The molecule has 0 saturated heterocycles. The Labute approximate surface area is 378 Å². The van der Waals surface area contributed by atoms with Gasteiger partial charge in [-0.05, 0) is 64.2 Å². The SMILES string of the molecule is CCCC/C=C\C/C=C\CCCCCCCC(=O)OC(COC(=O)CCCCCCC/C=C\CCCC)COC(=O)CCCCCCCCCCCCCCCCCCCC. The first kappa shape index (κ1) is 58.6. The number of esters is 3. The number of rotatable bonds is 48. The quantitative estimate of drug-likeness (QED) is 0.0262. The maximum atomic E-state index is 12.8. The third-order valence-electron chi connectivity index (χ3n) is 11.6. The second-order valence-electron chi connectivity index (χ2n) is 17.8. The predicted octanol–water partition coefficient (Wildman–Crippen LogP) is 17.3. The molecule has 0 aliphatic heterocycles. The predicted molar refractivity (Wildman–Crippen MR) is 261 cm³/mol. The van der Waals surface area contributed by atoms with Gasteiger partial charge in [0.25, 0.3) is 0 Å². The smallest absolute Gasteiger partial charge is 0.306 e. The number of unbranched alkanes of at least 4 members (excludes halogenated alkanes) is 31. The Morgan fingerprint density at radius 3 is 0.967 bits per heavy atom. The van der Waals surface area contributed by atoms with Crippen molar-refractivity contribution < 1.29 is 28.6 Å². The molecule has 0 amide bonds. The van der Waals surface area contributed by atoms with Crippen LogP contribution in [0.25, 0.3) is 0 Å². The molecule has 0 aliphatic carbocycles. The van der Waals surface area contributed by atoms with Gasteiger partial charge in [0.15, 0.2) is 6.10 Å². The fourth-order valence-corrected chi connectivity index (χ4v) is 7.56. The molecular weight excluding hydrogens is 757 g/mol. The summed E-state index contributed by atoms with van der Waals surface area (Å²) >= 11 is 0. The summed E-state index contributed by atoms with van der Waals surface area (Å²) in [6.45, 7) is 6.57. The van der Waals surface area contributed by atoms with E-state index in [0.717, 1.165) is 89.9 Å². The van der Waals surface area contributed by atoms with Crippen molar-refractivity contribution in [3.8, 4) is 0 Å². The van der Waals surface area contributed by atoms with Crippen LogP contribution in [0.5, 0.6) is 0 Å². The number of carbonyl (C=O) groups is 3. The van der Waals surface area contributed by atoms with E-state index in [2.05, 4.69) is 57.2 Å². The lowest BCUT2D eigenvalue weighted by molar-refractivity contribution is -0.167. The average molecular weight is 857 g/mol. The average Bonchev–Trinajstić information content (AvgIpc) is 3.26. The van der Waals surface area contributed by atoms with Crippen LogP contribution in [0.4, 0.5) is 0 Å². The molecule has 1 unspecified atom stereocenters. The Kier molecular flexibility index (Phi) is 48.3. The van der Waals surface area contributed by atoms with Gasteiger partial charge in [-0.1, -0.05) is 231 Å². The van der Waals surface area contributed by atoms with Crippen molar-refractivity contribution in [1.82, 2.24) is 0 Å². The summed E-state index contributed by atoms with van der Waals surface area (Å²) in [7, 11) is 0. The molecule has 0 aromatic heterocycles. The lowest BCUT2D eigenvalue weighted by atomic mass is 10.0. The van der Waals surface area contributed by atoms with Gasteiger partial charge in [0.1, 0.15) is 13.2 Å². The van der Waals surface area contributed by atoms with E-state index in [0.29, 0.717) is 19.3 Å². The minimum absolute atomic E-state index is 0.0775. The molecule has 0 aromatic rings. The molecule has 6 heteroatoms. The molecule has 1 atom stereocenters. The monoisotopic (exact) mass is 857 g/mol. The molecular formula is C55H100O6. The van der Waals surface area contributed by atoms with Gasteiger partial charge in [0, 0.05) is 19.3 Å². The van der Waals surface area contributed by atoms with Crippen LogP contribution in [0.1, 0.15) is 278 Å². The molecule has 0 aliphatic rings. The van der Waals surface area contributed by atoms with E-state index in [-0.39, 0.29) is 31.1 Å². The van der Waals surface area contributed by atoms with Crippen molar-refractivity contribution in [2.45, 2.75) is 284 Å². The highest BCUT2D eigenvalue weighted by atomic mass is 16.6. The third kappa shape index (κ3) is 48.5. The van der Waals surface area contributed by atoms with E-state index in [4.69, 9.17) is 14.2 Å². The Hall–Kier alpha value is -2.37. The van der Waals surface area contributed by atoms with Crippen molar-refractivity contribution in [2.75, 3.05) is 13.2 Å². The highest BCUT2D eigenvalue weighted by Gasteiger charge is 2.19. The highest BCUT2D eigenvalue weighted by Crippen LogP contribution is 2.16. The van der Waals surface area contributed by atoms with Gasteiger partial charge in [0.05, 0.1) is 0 Å². The summed E-state index contributed by atoms with van der Waals surface area (Å²) in [6.07, 6.45) is 58.4. The molecule has 0 radical (unpaired) electrons. The maximum absolute atomic E-state index is 12.8. The summed E-state index contributed by atoms with van der Waals surface area (Å²) in [5.74, 6) is -0.891. The van der Waals surface area contributed by atoms with E-state index in [1.807, 2.05) is 0 Å². The van der Waals surface area contributed by atoms with E-state index < -0.39 is 6.10 Å². The van der Waals surface area contributed by atoms with E-state index >= 15 is 0 Å². The fourth-order valence-electron chi connectivity index (χ4n) is 7.56. The molecule has 0 bridgehead atoms. The first-order chi connectivity index (χ1) is 30.0. The van der Waals surface area contributed by atoms with Crippen LogP contribution < -0.4 is 0 Å². The van der Waals surface area contributed by atoms with Crippen LogP contribution in [0.3, 0.4) is 0 Å². The van der Waals surface area contributed by atoms with Crippen molar-refractivity contribution in [3.05, 3.63) is 36.5 Å². The van der Waals surface area contributed by atoms with Gasteiger partial charge in [-0.25, -0.2) is 0 Å². The van der Waals surface area contributed by atoms with Crippen LogP contribution in [0.2, 0.25) is 0 Å². The van der Waals surface area contributed by atoms with Crippen molar-refractivity contribution in [2.24, 2.45) is 0 Å². The first-order valence-electron chi connectivity index (χ1n) is 26.5. The Bertz CT molecular complexity index is 1030. The van der Waals surface area contributed by atoms with Gasteiger partial charge < -0.3 is 14.2 Å². The fraction of sp³-hybridized carbons (Fsp3) is 0.836. The zero-order chi connectivity index (χ0) is 44.4. The molecule has 0 heterocycles. The van der Waals surface area contributed by atoms with E-state index in [1.54, 1.807) is 0 Å². The number of hydrogen-bond donors (Lipinski definition) is 0. The summed E-state index contributed by atoms with van der Waals surface area (Å²) in [4.78, 5) is 37.9. The standard InChI is InChI=1S/C55H100O6/c1-4-7-10-13-16-19-22-24-26-27-28-29-31-33-36-39-42-45-48-54(57)60-51-52(50-59-53(56)47-44-41-38-35-32-21-18-15-12-9-6-3)61-55(58)49-46-43-40-37-34-30-25-23-20-17-14-11-8-5-2/h14-15,17-18,23,25,52H,4-13,16,19-22,24,26-51H2,1-3H3/b17-14-,18-15-,25-23-. The molecule has 0 N–H and O–H groups in total. The first-order valence-corrected chi connectivity index (χ1v) is 26.5. The lowest BCUT2D eigenvalue weighted by Crippen LogP contribution is -2.30. The maximum Gasteiger partial charge on any atom is 0.306 e. The van der Waals surface area contributed by atoms with Crippen LogP contribution in [0.15, 0.2) is 36.5 Å². The van der Waals surface area contributed by atoms with E-state index in [9.17, 15) is 14.4 Å². The summed E-state index contributed by atoms with van der Waals surface area (Å²) in [5.41, 5.74) is 0. The van der Waals surface area contributed by atoms with Crippen molar-refractivity contribution in [3.63, 3.8) is 0 Å². The Morgan fingerprint density at radius 1 is 0.328 bits per heavy atom. The molecule has 0 aromatic carbocycles. The lowest BCUT2D eigenvalue weighted by Gasteiger charge is -2.18. The molecule has 356 valence electrons. The summed E-state index contributed by atoms with van der Waals surface area (Å²) in [6, 6.07) is 0. The zero-order valence-corrected chi connectivity index (χ0v) is 40.7. The minimum Gasteiger partial charge on any atom is -0.462 e.